The number of carbonyl (C=O) groups is 1. The third kappa shape index (κ3) is 3.34. The highest BCUT2D eigenvalue weighted by molar-refractivity contribution is 5.79. The van der Waals surface area contributed by atoms with Crippen LogP contribution in [0, 0.1) is 13.8 Å². The molecule has 0 aliphatic heterocycles. The van der Waals surface area contributed by atoms with Crippen molar-refractivity contribution in [2.45, 2.75) is 47.0 Å². The number of likely N-dealkylation sites (N-methyl/N-ethyl adjacent to an activating group) is 1. The Labute approximate surface area is 110 Å². The topological polar surface area (TPSA) is 38.1 Å². The summed E-state index contributed by atoms with van der Waals surface area (Å²) in [5, 5.41) is 4.36. The van der Waals surface area contributed by atoms with Gasteiger partial charge in [-0.1, -0.05) is 13.3 Å². The molecule has 0 N–H and O–H groups in total. The van der Waals surface area contributed by atoms with Gasteiger partial charge < -0.3 is 4.90 Å². The Balaban J connectivity index is 2.73. The highest BCUT2D eigenvalue weighted by atomic mass is 16.2. The SMILES string of the molecule is CCCCN(CC)C(=O)Cc1c(C)nn(C)c1C. The molecule has 0 bridgehead atoms. The lowest BCUT2D eigenvalue weighted by Crippen LogP contribution is -2.33. The summed E-state index contributed by atoms with van der Waals surface area (Å²) in [6.07, 6.45) is 2.67. The zero-order chi connectivity index (χ0) is 13.7. The fraction of sp³-hybridized carbons (Fsp3) is 0.714. The quantitative estimate of drug-likeness (QED) is 0.777. The standard InChI is InChI=1S/C14H25N3O/c1-6-8-9-17(7-2)14(18)10-13-11(3)15-16(5)12(13)4/h6-10H2,1-5H3. The molecule has 1 heterocycles. The first-order valence-corrected chi connectivity index (χ1v) is 6.78. The van der Waals surface area contributed by atoms with Crippen LogP contribution in [0.3, 0.4) is 0 Å². The molecule has 0 atom stereocenters. The van der Waals surface area contributed by atoms with Crippen LogP contribution in [0.4, 0.5) is 0 Å². The molecule has 1 amide bonds. The summed E-state index contributed by atoms with van der Waals surface area (Å²) in [5.74, 6) is 0.213. The number of rotatable bonds is 6. The molecule has 0 aliphatic rings. The van der Waals surface area contributed by atoms with Gasteiger partial charge in [-0.25, -0.2) is 0 Å². The third-order valence-electron chi connectivity index (χ3n) is 3.50. The maximum atomic E-state index is 12.3. The molecule has 0 fully saturated rings. The van der Waals surface area contributed by atoms with Crippen LogP contribution in [0.1, 0.15) is 43.6 Å². The minimum atomic E-state index is 0.213. The molecule has 0 radical (unpaired) electrons. The van der Waals surface area contributed by atoms with Gasteiger partial charge in [0.2, 0.25) is 5.91 Å². The Morgan fingerprint density at radius 2 is 2.00 bits per heavy atom. The molecular formula is C14H25N3O. The first kappa shape index (κ1) is 14.7. The molecule has 4 nitrogen and oxygen atoms in total. The number of unbranched alkanes of at least 4 members (excludes halogenated alkanes) is 1. The van der Waals surface area contributed by atoms with E-state index in [9.17, 15) is 4.79 Å². The summed E-state index contributed by atoms with van der Waals surface area (Å²) in [7, 11) is 1.92. The molecule has 0 aliphatic carbocycles. The molecule has 1 aromatic rings. The van der Waals surface area contributed by atoms with Crippen molar-refractivity contribution in [3.8, 4) is 0 Å². The van der Waals surface area contributed by atoms with Crippen LogP contribution in [-0.4, -0.2) is 33.7 Å². The maximum Gasteiger partial charge on any atom is 0.227 e. The van der Waals surface area contributed by atoms with Gasteiger partial charge in [-0.05, 0) is 27.2 Å². The number of carbonyl (C=O) groups excluding carboxylic acids is 1. The molecule has 102 valence electrons. The molecule has 4 heteroatoms. The molecule has 0 unspecified atom stereocenters. The van der Waals surface area contributed by atoms with Gasteiger partial charge in [-0.2, -0.15) is 5.10 Å². The van der Waals surface area contributed by atoms with Crippen molar-refractivity contribution in [3.63, 3.8) is 0 Å². The number of amides is 1. The summed E-state index contributed by atoms with van der Waals surface area (Å²) in [4.78, 5) is 14.2. The Morgan fingerprint density at radius 3 is 2.44 bits per heavy atom. The minimum absolute atomic E-state index is 0.213. The van der Waals surface area contributed by atoms with Crippen molar-refractivity contribution in [3.05, 3.63) is 17.0 Å². The predicted octanol–water partition coefficient (Wildman–Crippen LogP) is 2.23. The zero-order valence-electron chi connectivity index (χ0n) is 12.3. The second kappa shape index (κ2) is 6.57. The van der Waals surface area contributed by atoms with E-state index in [1.54, 1.807) is 0 Å². The number of nitrogens with zero attached hydrogens (tertiary/aromatic N) is 3. The van der Waals surface area contributed by atoms with Gasteiger partial charge in [0.25, 0.3) is 0 Å². The minimum Gasteiger partial charge on any atom is -0.343 e. The molecule has 0 saturated heterocycles. The van der Waals surface area contributed by atoms with Gasteiger partial charge in [0.05, 0.1) is 12.1 Å². The van der Waals surface area contributed by atoms with E-state index in [2.05, 4.69) is 12.0 Å². The second-order valence-corrected chi connectivity index (χ2v) is 4.78. The molecule has 0 spiro atoms. The first-order valence-electron chi connectivity index (χ1n) is 6.78. The van der Waals surface area contributed by atoms with E-state index >= 15 is 0 Å². The van der Waals surface area contributed by atoms with Gasteiger partial charge in [-0.15, -0.1) is 0 Å². The van der Waals surface area contributed by atoms with Gasteiger partial charge in [0.15, 0.2) is 0 Å². The largest absolute Gasteiger partial charge is 0.343 e. The van der Waals surface area contributed by atoms with Crippen molar-refractivity contribution in [2.75, 3.05) is 13.1 Å². The molecule has 0 saturated carbocycles. The van der Waals surface area contributed by atoms with Crippen LogP contribution >= 0.6 is 0 Å². The average Bonchev–Trinajstić information content (AvgIpc) is 2.57. The number of hydrogen-bond acceptors (Lipinski definition) is 2. The lowest BCUT2D eigenvalue weighted by atomic mass is 10.1. The van der Waals surface area contributed by atoms with Crippen LogP contribution in [-0.2, 0) is 18.3 Å². The maximum absolute atomic E-state index is 12.3. The lowest BCUT2D eigenvalue weighted by Gasteiger charge is -2.20. The molecule has 0 aromatic carbocycles. The van der Waals surface area contributed by atoms with Crippen LogP contribution in [0.15, 0.2) is 0 Å². The van der Waals surface area contributed by atoms with E-state index in [-0.39, 0.29) is 5.91 Å². The van der Waals surface area contributed by atoms with E-state index < -0.39 is 0 Å². The monoisotopic (exact) mass is 251 g/mol. The van der Waals surface area contributed by atoms with Crippen molar-refractivity contribution in [1.82, 2.24) is 14.7 Å². The van der Waals surface area contributed by atoms with Crippen molar-refractivity contribution in [1.29, 1.82) is 0 Å². The summed E-state index contributed by atoms with van der Waals surface area (Å²) in [6, 6.07) is 0. The highest BCUT2D eigenvalue weighted by Crippen LogP contribution is 2.14. The van der Waals surface area contributed by atoms with E-state index in [1.165, 1.54) is 0 Å². The smallest absolute Gasteiger partial charge is 0.227 e. The molecule has 1 rings (SSSR count). The number of aryl methyl sites for hydroxylation is 2. The molecular weight excluding hydrogens is 226 g/mol. The number of aromatic nitrogens is 2. The van der Waals surface area contributed by atoms with Gasteiger partial charge in [-0.3, -0.25) is 9.48 Å². The predicted molar refractivity (Wildman–Crippen MR) is 73.5 cm³/mol. The Morgan fingerprint density at radius 1 is 1.33 bits per heavy atom. The van der Waals surface area contributed by atoms with E-state index in [4.69, 9.17) is 0 Å². The molecule has 1 aromatic heterocycles. The Hall–Kier alpha value is -1.32. The Bertz CT molecular complexity index is 409. The fourth-order valence-corrected chi connectivity index (χ4v) is 2.14. The third-order valence-corrected chi connectivity index (χ3v) is 3.50. The highest BCUT2D eigenvalue weighted by Gasteiger charge is 2.17. The average molecular weight is 251 g/mol. The van der Waals surface area contributed by atoms with Crippen molar-refractivity contribution < 1.29 is 4.79 Å². The normalized spacial score (nSPS) is 10.7. The Kier molecular flexibility index (Phi) is 5.38. The van der Waals surface area contributed by atoms with E-state index in [0.29, 0.717) is 6.42 Å². The van der Waals surface area contributed by atoms with Crippen LogP contribution in [0.2, 0.25) is 0 Å². The summed E-state index contributed by atoms with van der Waals surface area (Å²) in [6.45, 7) is 9.83. The first-order chi connectivity index (χ1) is 8.51. The van der Waals surface area contributed by atoms with Crippen LogP contribution < -0.4 is 0 Å². The van der Waals surface area contributed by atoms with E-state index in [1.807, 2.05) is 37.4 Å². The van der Waals surface area contributed by atoms with Crippen molar-refractivity contribution >= 4 is 5.91 Å². The number of hydrogen-bond donors (Lipinski definition) is 0. The van der Waals surface area contributed by atoms with Gasteiger partial charge >= 0.3 is 0 Å². The van der Waals surface area contributed by atoms with Crippen molar-refractivity contribution in [2.24, 2.45) is 7.05 Å². The van der Waals surface area contributed by atoms with Crippen LogP contribution in [0.25, 0.3) is 0 Å². The van der Waals surface area contributed by atoms with Gasteiger partial charge in [0, 0.05) is 31.4 Å². The molecule has 18 heavy (non-hydrogen) atoms. The van der Waals surface area contributed by atoms with Gasteiger partial charge in [0.1, 0.15) is 0 Å². The van der Waals surface area contributed by atoms with E-state index in [0.717, 1.165) is 42.9 Å². The summed E-state index contributed by atoms with van der Waals surface area (Å²) < 4.78 is 1.85. The summed E-state index contributed by atoms with van der Waals surface area (Å²) in [5.41, 5.74) is 3.14. The fourth-order valence-electron chi connectivity index (χ4n) is 2.14. The van der Waals surface area contributed by atoms with Crippen LogP contribution in [0.5, 0.6) is 0 Å². The lowest BCUT2D eigenvalue weighted by molar-refractivity contribution is -0.130. The summed E-state index contributed by atoms with van der Waals surface area (Å²) >= 11 is 0. The zero-order valence-corrected chi connectivity index (χ0v) is 12.3. The second-order valence-electron chi connectivity index (χ2n) is 4.78.